The molecule has 2 aromatic heterocycles. The van der Waals surface area contributed by atoms with Gasteiger partial charge in [0.1, 0.15) is 4.90 Å². The number of aryl methyl sites for hydroxylation is 2. The van der Waals surface area contributed by atoms with E-state index in [1.54, 1.807) is 36.9 Å². The van der Waals surface area contributed by atoms with Crippen LogP contribution in [0.25, 0.3) is 0 Å². The van der Waals surface area contributed by atoms with Crippen molar-refractivity contribution in [1.82, 2.24) is 14.5 Å². The highest BCUT2D eigenvalue weighted by molar-refractivity contribution is 7.89. The normalized spacial score (nSPS) is 18.0. The Hall–Kier alpha value is -1.22. The van der Waals surface area contributed by atoms with Crippen LogP contribution < -0.4 is 4.72 Å². The third-order valence-electron chi connectivity index (χ3n) is 4.81. The first-order valence-corrected chi connectivity index (χ1v) is 10.3. The van der Waals surface area contributed by atoms with E-state index in [0.29, 0.717) is 36.0 Å². The van der Waals surface area contributed by atoms with Crippen LogP contribution in [0.1, 0.15) is 29.1 Å². The number of nitrogens with zero attached hydrogens (tertiary/aromatic N) is 2. The van der Waals surface area contributed by atoms with E-state index in [1.807, 2.05) is 11.4 Å². The van der Waals surface area contributed by atoms with Gasteiger partial charge in [-0.05, 0) is 38.1 Å². The van der Waals surface area contributed by atoms with Crippen molar-refractivity contribution in [3.8, 4) is 0 Å². The van der Waals surface area contributed by atoms with Crippen LogP contribution in [0.5, 0.6) is 0 Å². The molecule has 8 heteroatoms. The number of ether oxygens (including phenoxy) is 1. The van der Waals surface area contributed by atoms with E-state index in [4.69, 9.17) is 4.74 Å². The molecule has 132 valence electrons. The monoisotopic (exact) mass is 369 g/mol. The van der Waals surface area contributed by atoms with Crippen molar-refractivity contribution in [3.05, 3.63) is 33.8 Å². The molecule has 0 aliphatic carbocycles. The Bertz CT molecular complexity index is 804. The predicted molar refractivity (Wildman–Crippen MR) is 93.9 cm³/mol. The van der Waals surface area contributed by atoms with Crippen LogP contribution >= 0.6 is 11.3 Å². The van der Waals surface area contributed by atoms with Gasteiger partial charge in [-0.1, -0.05) is 6.07 Å². The summed E-state index contributed by atoms with van der Waals surface area (Å²) in [4.78, 5) is 1.51. The third-order valence-corrected chi connectivity index (χ3v) is 7.57. The van der Waals surface area contributed by atoms with Crippen LogP contribution in [0, 0.1) is 13.8 Å². The first-order chi connectivity index (χ1) is 11.4. The molecular formula is C16H23N3O3S2. The molecule has 0 atom stereocenters. The Morgan fingerprint density at radius 1 is 1.38 bits per heavy atom. The molecular weight excluding hydrogens is 346 g/mol. The minimum Gasteiger partial charge on any atom is -0.381 e. The fourth-order valence-electron chi connectivity index (χ4n) is 3.30. The summed E-state index contributed by atoms with van der Waals surface area (Å²) in [6.07, 6.45) is 1.64. The molecule has 1 aliphatic heterocycles. The van der Waals surface area contributed by atoms with Gasteiger partial charge in [-0.2, -0.15) is 5.10 Å². The van der Waals surface area contributed by atoms with E-state index < -0.39 is 10.0 Å². The zero-order valence-corrected chi connectivity index (χ0v) is 15.8. The van der Waals surface area contributed by atoms with Crippen molar-refractivity contribution in [1.29, 1.82) is 0 Å². The number of rotatable bonds is 5. The van der Waals surface area contributed by atoms with E-state index in [0.717, 1.165) is 12.8 Å². The van der Waals surface area contributed by atoms with Crippen LogP contribution in [0.4, 0.5) is 0 Å². The largest absolute Gasteiger partial charge is 0.381 e. The minimum absolute atomic E-state index is 0.191. The number of hydrogen-bond acceptors (Lipinski definition) is 5. The van der Waals surface area contributed by atoms with Crippen LogP contribution in [-0.2, 0) is 27.2 Å². The van der Waals surface area contributed by atoms with Crippen molar-refractivity contribution in [2.75, 3.05) is 19.8 Å². The van der Waals surface area contributed by atoms with Gasteiger partial charge in [-0.3, -0.25) is 4.68 Å². The van der Waals surface area contributed by atoms with E-state index in [9.17, 15) is 8.42 Å². The van der Waals surface area contributed by atoms with Crippen molar-refractivity contribution in [3.63, 3.8) is 0 Å². The highest BCUT2D eigenvalue weighted by Crippen LogP contribution is 2.37. The molecule has 1 aliphatic rings. The topological polar surface area (TPSA) is 73.2 Å². The first-order valence-electron chi connectivity index (χ1n) is 7.97. The molecule has 6 nitrogen and oxygen atoms in total. The molecule has 24 heavy (non-hydrogen) atoms. The lowest BCUT2D eigenvalue weighted by Crippen LogP contribution is -2.44. The van der Waals surface area contributed by atoms with Gasteiger partial charge in [0.15, 0.2) is 0 Å². The smallest absolute Gasteiger partial charge is 0.244 e. The predicted octanol–water partition coefficient (Wildman–Crippen LogP) is 2.13. The fraction of sp³-hybridized carbons (Fsp3) is 0.562. The molecule has 3 rings (SSSR count). The average Bonchev–Trinajstić information content (AvgIpc) is 3.16. The summed E-state index contributed by atoms with van der Waals surface area (Å²) in [7, 11) is -1.84. The molecule has 1 fully saturated rings. The maximum Gasteiger partial charge on any atom is 0.244 e. The van der Waals surface area contributed by atoms with Gasteiger partial charge in [0, 0.05) is 37.1 Å². The Kier molecular flexibility index (Phi) is 4.83. The minimum atomic E-state index is -3.60. The van der Waals surface area contributed by atoms with Crippen molar-refractivity contribution in [2.45, 2.75) is 37.0 Å². The summed E-state index contributed by atoms with van der Waals surface area (Å²) in [5.41, 5.74) is 0.987. The van der Waals surface area contributed by atoms with Gasteiger partial charge in [-0.15, -0.1) is 11.3 Å². The number of aromatic nitrogens is 2. The van der Waals surface area contributed by atoms with Crippen LogP contribution in [0.15, 0.2) is 22.4 Å². The van der Waals surface area contributed by atoms with Crippen LogP contribution in [0.2, 0.25) is 0 Å². The molecule has 2 aromatic rings. The molecule has 0 radical (unpaired) electrons. The second-order valence-electron chi connectivity index (χ2n) is 6.32. The summed E-state index contributed by atoms with van der Waals surface area (Å²) < 4.78 is 35.6. The third kappa shape index (κ3) is 3.15. The zero-order valence-electron chi connectivity index (χ0n) is 14.2. The van der Waals surface area contributed by atoms with E-state index >= 15 is 0 Å². The molecule has 0 amide bonds. The molecule has 0 bridgehead atoms. The van der Waals surface area contributed by atoms with Gasteiger partial charge in [0.2, 0.25) is 10.0 Å². The number of thiophene rings is 1. The molecule has 0 saturated carbocycles. The van der Waals surface area contributed by atoms with Gasteiger partial charge in [0.05, 0.1) is 11.4 Å². The van der Waals surface area contributed by atoms with Gasteiger partial charge < -0.3 is 4.74 Å². The molecule has 0 aromatic carbocycles. The first kappa shape index (κ1) is 17.6. The zero-order chi connectivity index (χ0) is 17.4. The van der Waals surface area contributed by atoms with Crippen molar-refractivity contribution >= 4 is 21.4 Å². The van der Waals surface area contributed by atoms with Crippen LogP contribution in [-0.4, -0.2) is 38.0 Å². The number of hydrogen-bond donors (Lipinski definition) is 1. The van der Waals surface area contributed by atoms with Gasteiger partial charge in [-0.25, -0.2) is 13.1 Å². The Morgan fingerprint density at radius 2 is 2.08 bits per heavy atom. The standard InChI is InChI=1S/C16H23N3O3S2/c1-12-15(13(2)19(3)18-12)24(20,21)17-11-16(6-8-22-9-7-16)14-5-4-10-23-14/h4-5,10,17H,6-9,11H2,1-3H3. The van der Waals surface area contributed by atoms with Crippen LogP contribution in [0.3, 0.4) is 0 Å². The van der Waals surface area contributed by atoms with Gasteiger partial charge >= 0.3 is 0 Å². The summed E-state index contributed by atoms with van der Waals surface area (Å²) in [5.74, 6) is 0. The maximum absolute atomic E-state index is 12.8. The Balaban J connectivity index is 1.87. The highest BCUT2D eigenvalue weighted by Gasteiger charge is 2.37. The van der Waals surface area contributed by atoms with Crippen molar-refractivity contribution < 1.29 is 13.2 Å². The lowest BCUT2D eigenvalue weighted by molar-refractivity contribution is 0.0529. The summed E-state index contributed by atoms with van der Waals surface area (Å²) in [6, 6.07) is 4.10. The Labute approximate surface area is 146 Å². The quantitative estimate of drug-likeness (QED) is 0.876. The molecule has 1 N–H and O–H groups in total. The average molecular weight is 370 g/mol. The second-order valence-corrected chi connectivity index (χ2v) is 8.97. The number of nitrogens with one attached hydrogen (secondary N) is 1. The molecule has 3 heterocycles. The fourth-order valence-corrected chi connectivity index (χ4v) is 5.85. The Morgan fingerprint density at radius 3 is 2.62 bits per heavy atom. The number of sulfonamides is 1. The highest BCUT2D eigenvalue weighted by atomic mass is 32.2. The van der Waals surface area contributed by atoms with E-state index in [-0.39, 0.29) is 5.41 Å². The second kappa shape index (κ2) is 6.59. The van der Waals surface area contributed by atoms with E-state index in [1.165, 1.54) is 4.88 Å². The molecule has 0 spiro atoms. The van der Waals surface area contributed by atoms with Crippen molar-refractivity contribution in [2.24, 2.45) is 7.05 Å². The molecule has 0 unspecified atom stereocenters. The lowest BCUT2D eigenvalue weighted by atomic mass is 9.79. The maximum atomic E-state index is 12.8. The summed E-state index contributed by atoms with van der Waals surface area (Å²) in [6.45, 7) is 5.20. The van der Waals surface area contributed by atoms with E-state index in [2.05, 4.69) is 15.9 Å². The lowest BCUT2D eigenvalue weighted by Gasteiger charge is -2.36. The SMILES string of the molecule is Cc1nn(C)c(C)c1S(=O)(=O)NCC1(c2cccs2)CCOCC1. The van der Waals surface area contributed by atoms with Gasteiger partial charge in [0.25, 0.3) is 0 Å². The summed E-state index contributed by atoms with van der Waals surface area (Å²) in [5, 5.41) is 6.26. The molecule has 1 saturated heterocycles. The summed E-state index contributed by atoms with van der Waals surface area (Å²) >= 11 is 1.68.